The summed E-state index contributed by atoms with van der Waals surface area (Å²) in [6.07, 6.45) is 0.347. The van der Waals surface area contributed by atoms with Crippen LogP contribution >= 0.6 is 0 Å². The maximum absolute atomic E-state index is 14.6. The summed E-state index contributed by atoms with van der Waals surface area (Å²) in [5.41, 5.74) is 0.101. The summed E-state index contributed by atoms with van der Waals surface area (Å²) < 4.78 is 12.0. The second-order valence-electron chi connectivity index (χ2n) is 12.5. The zero-order valence-corrected chi connectivity index (χ0v) is 24.4. The molecule has 4 aliphatic rings. The number of aliphatic hydroxyl groups excluding tert-OH is 1. The molecule has 3 amide bonds. The highest BCUT2D eigenvalue weighted by Gasteiger charge is 2.66. The Labute approximate surface area is 245 Å². The van der Waals surface area contributed by atoms with Crippen molar-refractivity contribution in [2.75, 3.05) is 36.1 Å². The van der Waals surface area contributed by atoms with Gasteiger partial charge < -0.3 is 29.5 Å². The van der Waals surface area contributed by atoms with Crippen molar-refractivity contribution < 1.29 is 34.1 Å². The number of hydrogen-bond donors (Lipinski definition) is 2. The number of benzene rings is 2. The normalized spacial score (nSPS) is 29.1. The number of nitrogens with zero attached hydrogens (tertiary/aromatic N) is 3. The van der Waals surface area contributed by atoms with Gasteiger partial charge in [-0.1, -0.05) is 37.3 Å². The molecule has 0 aromatic heterocycles. The molecular weight excluding hydrogens is 538 g/mol. The largest absolute Gasteiger partial charge is 0.447 e. The molecule has 5 atom stereocenters. The average Bonchev–Trinajstić information content (AvgIpc) is 3.72. The third-order valence-corrected chi connectivity index (χ3v) is 9.51. The third kappa shape index (κ3) is 4.56. The Kier molecular flexibility index (Phi) is 7.27. The average molecular weight is 578 g/mol. The quantitative estimate of drug-likeness (QED) is 0.519. The Morgan fingerprint density at radius 1 is 1.12 bits per heavy atom. The first-order chi connectivity index (χ1) is 20.1. The second kappa shape index (κ2) is 10.7. The van der Waals surface area contributed by atoms with E-state index in [2.05, 4.69) is 0 Å². The summed E-state index contributed by atoms with van der Waals surface area (Å²) in [5.74, 6) is -1.47. The molecule has 0 saturated carbocycles. The number of anilines is 2. The summed E-state index contributed by atoms with van der Waals surface area (Å²) in [7, 11) is 0. The van der Waals surface area contributed by atoms with Gasteiger partial charge in [0.1, 0.15) is 6.61 Å². The van der Waals surface area contributed by atoms with Crippen LogP contribution in [-0.2, 0) is 31.2 Å². The number of rotatable bonds is 7. The Morgan fingerprint density at radius 2 is 1.88 bits per heavy atom. The lowest BCUT2D eigenvalue weighted by Gasteiger charge is -2.34. The number of carbonyl (C=O) groups excluding carboxylic acids is 3. The van der Waals surface area contributed by atoms with Crippen LogP contribution in [0.2, 0.25) is 0 Å². The molecule has 10 nitrogen and oxygen atoms in total. The highest BCUT2D eigenvalue weighted by molar-refractivity contribution is 6.08. The van der Waals surface area contributed by atoms with Gasteiger partial charge in [-0.3, -0.25) is 14.5 Å². The number of ether oxygens (including phenoxy) is 2. The maximum Gasteiger partial charge on any atom is 0.414 e. The fraction of sp³-hybridized carbons (Fsp3) is 0.531. The highest BCUT2D eigenvalue weighted by Crippen LogP contribution is 2.58. The zero-order valence-electron chi connectivity index (χ0n) is 24.4. The van der Waals surface area contributed by atoms with Crippen LogP contribution in [0.4, 0.5) is 16.2 Å². The standard InChI is InChI=1S/C32H39N3O7/c1-20-28(31(2,3)40)26(17-27(37)33-13-7-10-23(33)19-36)42-32(20)24-16-22(34-14-15-41-30(34)39)11-12-25(24)35(29(32)38)18-21-8-5-4-6-9-21/h4-6,8-9,11-12,16,20,23,26,28,36,40H,7,10,13-15,17-19H2,1-3H3/t20-,23+,26+,28-,32+/m1/s1. The number of hydrogen-bond acceptors (Lipinski definition) is 7. The molecule has 0 radical (unpaired) electrons. The molecule has 10 heteroatoms. The van der Waals surface area contributed by atoms with Crippen molar-refractivity contribution in [1.29, 1.82) is 0 Å². The Balaban J connectivity index is 1.43. The molecule has 0 bridgehead atoms. The minimum atomic E-state index is -1.47. The van der Waals surface area contributed by atoms with E-state index < -0.39 is 35.2 Å². The van der Waals surface area contributed by atoms with Crippen molar-refractivity contribution in [3.8, 4) is 0 Å². The third-order valence-electron chi connectivity index (χ3n) is 9.51. The van der Waals surface area contributed by atoms with Crippen molar-refractivity contribution in [1.82, 2.24) is 4.90 Å². The first kappa shape index (κ1) is 28.6. The summed E-state index contributed by atoms with van der Waals surface area (Å²) in [6, 6.07) is 14.9. The predicted octanol–water partition coefficient (Wildman–Crippen LogP) is 3.18. The first-order valence-electron chi connectivity index (χ1n) is 14.8. The van der Waals surface area contributed by atoms with E-state index in [4.69, 9.17) is 9.47 Å². The molecule has 0 unspecified atom stereocenters. The Hall–Kier alpha value is -3.47. The van der Waals surface area contributed by atoms with E-state index in [1.807, 2.05) is 55.5 Å². The molecule has 3 fully saturated rings. The van der Waals surface area contributed by atoms with Gasteiger partial charge >= 0.3 is 6.09 Å². The second-order valence-corrected chi connectivity index (χ2v) is 12.5. The van der Waals surface area contributed by atoms with Gasteiger partial charge in [0.05, 0.1) is 49.6 Å². The van der Waals surface area contributed by atoms with Crippen LogP contribution in [0.15, 0.2) is 48.5 Å². The minimum absolute atomic E-state index is 0.0172. The van der Waals surface area contributed by atoms with Crippen molar-refractivity contribution >= 4 is 29.3 Å². The topological polar surface area (TPSA) is 120 Å². The number of amides is 3. The van der Waals surface area contributed by atoms with Gasteiger partial charge in [0.2, 0.25) is 5.91 Å². The van der Waals surface area contributed by atoms with Crippen LogP contribution in [0.1, 0.15) is 51.2 Å². The molecule has 2 N–H and O–H groups in total. The van der Waals surface area contributed by atoms with Gasteiger partial charge in [0.25, 0.3) is 5.91 Å². The molecule has 0 aliphatic carbocycles. The number of carbonyl (C=O) groups is 3. The molecule has 1 spiro atoms. The van der Waals surface area contributed by atoms with Crippen molar-refractivity contribution in [3.63, 3.8) is 0 Å². The van der Waals surface area contributed by atoms with Gasteiger partial charge in [0.15, 0.2) is 5.60 Å². The van der Waals surface area contributed by atoms with Crippen LogP contribution in [0.25, 0.3) is 0 Å². The van der Waals surface area contributed by atoms with E-state index in [1.165, 1.54) is 4.90 Å². The first-order valence-corrected chi connectivity index (χ1v) is 14.8. The van der Waals surface area contributed by atoms with Gasteiger partial charge in [-0.15, -0.1) is 0 Å². The molecule has 6 rings (SSSR count). The molecule has 2 aromatic carbocycles. The highest BCUT2D eigenvalue weighted by atomic mass is 16.6. The lowest BCUT2D eigenvalue weighted by Crippen LogP contribution is -2.46. The lowest BCUT2D eigenvalue weighted by atomic mass is 9.70. The molecule has 2 aromatic rings. The van der Waals surface area contributed by atoms with E-state index in [9.17, 15) is 24.6 Å². The van der Waals surface area contributed by atoms with E-state index >= 15 is 0 Å². The van der Waals surface area contributed by atoms with Crippen LogP contribution in [-0.4, -0.2) is 77.1 Å². The Bertz CT molecular complexity index is 1380. The molecule has 3 saturated heterocycles. The van der Waals surface area contributed by atoms with Crippen molar-refractivity contribution in [2.45, 2.75) is 69.9 Å². The van der Waals surface area contributed by atoms with Crippen LogP contribution in [0, 0.1) is 11.8 Å². The fourth-order valence-corrected chi connectivity index (χ4v) is 7.63. The smallest absolute Gasteiger partial charge is 0.414 e. The summed E-state index contributed by atoms with van der Waals surface area (Å²) in [5, 5.41) is 21.2. The maximum atomic E-state index is 14.6. The molecule has 4 heterocycles. The Morgan fingerprint density at radius 3 is 2.55 bits per heavy atom. The van der Waals surface area contributed by atoms with E-state index in [0.717, 1.165) is 18.4 Å². The van der Waals surface area contributed by atoms with Crippen molar-refractivity contribution in [2.24, 2.45) is 11.8 Å². The fourth-order valence-electron chi connectivity index (χ4n) is 7.63. The molecule has 224 valence electrons. The van der Waals surface area contributed by atoms with Gasteiger partial charge in [0, 0.05) is 29.6 Å². The van der Waals surface area contributed by atoms with E-state index in [1.54, 1.807) is 23.6 Å². The SMILES string of the molecule is C[C@@H]1[C@@H](C(C)(C)O)[C@H](CC(=O)N2CCC[C@H]2CO)O[C@@]12C(=O)N(Cc1ccccc1)c1ccc(N3CCOC3=O)cc12. The van der Waals surface area contributed by atoms with E-state index in [0.29, 0.717) is 36.6 Å². The van der Waals surface area contributed by atoms with Crippen LogP contribution in [0.5, 0.6) is 0 Å². The van der Waals surface area contributed by atoms with Gasteiger partial charge in [-0.05, 0) is 50.5 Å². The van der Waals surface area contributed by atoms with E-state index in [-0.39, 0.29) is 37.5 Å². The molecular formula is C32H39N3O7. The molecule has 42 heavy (non-hydrogen) atoms. The zero-order chi connectivity index (χ0) is 29.8. The van der Waals surface area contributed by atoms with Crippen molar-refractivity contribution in [3.05, 3.63) is 59.7 Å². The number of cyclic esters (lactones) is 1. The number of fused-ring (bicyclic) bond motifs is 2. The summed E-state index contributed by atoms with van der Waals surface area (Å²) in [6.45, 7) is 6.75. The van der Waals surface area contributed by atoms with Crippen LogP contribution in [0.3, 0.4) is 0 Å². The predicted molar refractivity (Wildman–Crippen MR) is 155 cm³/mol. The van der Waals surface area contributed by atoms with Gasteiger partial charge in [-0.25, -0.2) is 4.79 Å². The number of likely N-dealkylation sites (tertiary alicyclic amines) is 1. The summed E-state index contributed by atoms with van der Waals surface area (Å²) >= 11 is 0. The lowest BCUT2D eigenvalue weighted by molar-refractivity contribution is -0.150. The summed E-state index contributed by atoms with van der Waals surface area (Å²) in [4.78, 5) is 45.6. The monoisotopic (exact) mass is 577 g/mol. The van der Waals surface area contributed by atoms with Crippen LogP contribution < -0.4 is 9.80 Å². The minimum Gasteiger partial charge on any atom is -0.447 e. The number of aliphatic hydroxyl groups is 2. The van der Waals surface area contributed by atoms with Gasteiger partial charge in [-0.2, -0.15) is 0 Å². The molecule has 4 aliphatic heterocycles.